The van der Waals surface area contributed by atoms with Gasteiger partial charge in [-0.3, -0.25) is 4.79 Å². The molecule has 2 aromatic rings. The van der Waals surface area contributed by atoms with Gasteiger partial charge in [-0.2, -0.15) is 5.10 Å². The summed E-state index contributed by atoms with van der Waals surface area (Å²) in [5, 5.41) is 4.48. The van der Waals surface area contributed by atoms with Crippen LogP contribution in [0.1, 0.15) is 12.5 Å². The second-order valence-corrected chi connectivity index (χ2v) is 5.78. The summed E-state index contributed by atoms with van der Waals surface area (Å²) in [5.74, 6) is 0.0954. The first-order chi connectivity index (χ1) is 10.6. The third-order valence-corrected chi connectivity index (χ3v) is 3.58. The smallest absolute Gasteiger partial charge is 0.277 e. The Bertz CT molecular complexity index is 690. The van der Waals surface area contributed by atoms with Crippen molar-refractivity contribution in [2.45, 2.75) is 6.92 Å². The largest absolute Gasteiger partial charge is 0.482 e. The van der Waals surface area contributed by atoms with E-state index in [-0.39, 0.29) is 12.5 Å². The fourth-order valence-corrected chi connectivity index (χ4v) is 2.39. The van der Waals surface area contributed by atoms with Crippen molar-refractivity contribution in [2.75, 3.05) is 6.61 Å². The Morgan fingerprint density at radius 3 is 2.68 bits per heavy atom. The molecular weight excluding hydrogens is 368 g/mol. The number of benzene rings is 2. The summed E-state index contributed by atoms with van der Waals surface area (Å²) < 4.78 is 6.20. The van der Waals surface area contributed by atoms with Crippen molar-refractivity contribution < 1.29 is 9.53 Å². The molecule has 0 fully saturated rings. The van der Waals surface area contributed by atoms with Crippen LogP contribution >= 0.6 is 27.5 Å². The van der Waals surface area contributed by atoms with Gasteiger partial charge in [-0.1, -0.05) is 57.9 Å². The van der Waals surface area contributed by atoms with Gasteiger partial charge in [0.05, 0.1) is 10.7 Å². The van der Waals surface area contributed by atoms with Crippen LogP contribution in [0.5, 0.6) is 5.75 Å². The van der Waals surface area contributed by atoms with Gasteiger partial charge in [-0.25, -0.2) is 5.43 Å². The second-order valence-electron chi connectivity index (χ2n) is 4.46. The van der Waals surface area contributed by atoms with Crippen LogP contribution in [0.25, 0.3) is 0 Å². The molecule has 0 radical (unpaired) electrons. The highest BCUT2D eigenvalue weighted by Gasteiger charge is 2.06. The van der Waals surface area contributed by atoms with Gasteiger partial charge >= 0.3 is 0 Å². The van der Waals surface area contributed by atoms with Crippen LogP contribution in [-0.2, 0) is 4.79 Å². The first kappa shape index (κ1) is 16.5. The number of halogens is 2. The number of ether oxygens (including phenoxy) is 1. The Labute approximate surface area is 142 Å². The summed E-state index contributed by atoms with van der Waals surface area (Å²) >= 11 is 9.31. The number of hydrazone groups is 1. The maximum atomic E-state index is 11.7. The minimum Gasteiger partial charge on any atom is -0.482 e. The SMILES string of the molecule is CC(=NNC(=O)COc1ccc(Br)cc1Cl)c1ccccc1. The lowest BCUT2D eigenvalue weighted by Crippen LogP contribution is -2.25. The predicted octanol–water partition coefficient (Wildman–Crippen LogP) is 4.02. The van der Waals surface area contributed by atoms with Gasteiger partial charge in [0.1, 0.15) is 5.75 Å². The molecule has 0 unspecified atom stereocenters. The quantitative estimate of drug-likeness (QED) is 0.628. The zero-order valence-corrected chi connectivity index (χ0v) is 14.2. The first-order valence-corrected chi connectivity index (χ1v) is 7.70. The molecule has 0 aliphatic heterocycles. The fraction of sp³-hybridized carbons (Fsp3) is 0.125. The number of hydrogen-bond donors (Lipinski definition) is 1. The molecule has 114 valence electrons. The zero-order chi connectivity index (χ0) is 15.9. The van der Waals surface area contributed by atoms with E-state index in [1.54, 1.807) is 18.2 Å². The molecule has 22 heavy (non-hydrogen) atoms. The molecule has 0 aromatic heterocycles. The lowest BCUT2D eigenvalue weighted by atomic mass is 10.1. The van der Waals surface area contributed by atoms with Gasteiger partial charge in [-0.15, -0.1) is 0 Å². The van der Waals surface area contributed by atoms with Crippen molar-refractivity contribution in [1.29, 1.82) is 0 Å². The van der Waals surface area contributed by atoms with E-state index in [4.69, 9.17) is 16.3 Å². The lowest BCUT2D eigenvalue weighted by molar-refractivity contribution is -0.123. The molecule has 0 heterocycles. The minimum absolute atomic E-state index is 0.160. The van der Waals surface area contributed by atoms with Gasteiger partial charge in [0.2, 0.25) is 0 Å². The van der Waals surface area contributed by atoms with E-state index < -0.39 is 0 Å². The maximum Gasteiger partial charge on any atom is 0.277 e. The zero-order valence-electron chi connectivity index (χ0n) is 11.8. The molecule has 2 rings (SSSR count). The van der Waals surface area contributed by atoms with E-state index in [1.165, 1.54) is 0 Å². The van der Waals surface area contributed by atoms with Crippen molar-refractivity contribution in [3.63, 3.8) is 0 Å². The van der Waals surface area contributed by atoms with Crippen LogP contribution in [0.2, 0.25) is 5.02 Å². The van der Waals surface area contributed by atoms with Crippen LogP contribution < -0.4 is 10.2 Å². The predicted molar refractivity (Wildman–Crippen MR) is 91.4 cm³/mol. The van der Waals surface area contributed by atoms with E-state index in [2.05, 4.69) is 26.5 Å². The van der Waals surface area contributed by atoms with E-state index in [1.807, 2.05) is 37.3 Å². The normalized spacial score (nSPS) is 11.1. The molecule has 0 saturated carbocycles. The van der Waals surface area contributed by atoms with Gasteiger partial charge in [0, 0.05) is 4.47 Å². The number of carbonyl (C=O) groups is 1. The second kappa shape index (κ2) is 7.96. The maximum absolute atomic E-state index is 11.7. The van der Waals surface area contributed by atoms with Crippen LogP contribution in [-0.4, -0.2) is 18.2 Å². The van der Waals surface area contributed by atoms with Crippen LogP contribution in [0, 0.1) is 0 Å². The van der Waals surface area contributed by atoms with Crippen LogP contribution in [0.15, 0.2) is 58.1 Å². The average molecular weight is 382 g/mol. The molecule has 1 amide bonds. The van der Waals surface area contributed by atoms with Crippen molar-refractivity contribution in [3.05, 3.63) is 63.6 Å². The summed E-state index contributed by atoms with van der Waals surface area (Å²) in [5.41, 5.74) is 4.12. The van der Waals surface area contributed by atoms with Crippen molar-refractivity contribution >= 4 is 39.1 Å². The van der Waals surface area contributed by atoms with Crippen LogP contribution in [0.4, 0.5) is 0 Å². The molecule has 0 atom stereocenters. The Hall–Kier alpha value is -1.85. The number of rotatable bonds is 5. The molecule has 0 bridgehead atoms. The highest BCUT2D eigenvalue weighted by Crippen LogP contribution is 2.27. The van der Waals surface area contributed by atoms with E-state index in [0.29, 0.717) is 10.8 Å². The Morgan fingerprint density at radius 1 is 1.27 bits per heavy atom. The number of carbonyl (C=O) groups excluding carboxylic acids is 1. The third-order valence-electron chi connectivity index (χ3n) is 2.79. The van der Waals surface area contributed by atoms with Crippen molar-refractivity contribution in [3.8, 4) is 5.75 Å². The van der Waals surface area contributed by atoms with E-state index in [9.17, 15) is 4.79 Å². The number of hydrogen-bond acceptors (Lipinski definition) is 3. The summed E-state index contributed by atoms with van der Waals surface area (Å²) in [6, 6.07) is 14.8. The highest BCUT2D eigenvalue weighted by molar-refractivity contribution is 9.10. The highest BCUT2D eigenvalue weighted by atomic mass is 79.9. The fourth-order valence-electron chi connectivity index (χ4n) is 1.66. The van der Waals surface area contributed by atoms with Gasteiger partial charge < -0.3 is 4.74 Å². The third kappa shape index (κ3) is 4.86. The molecule has 0 aliphatic carbocycles. The number of nitrogens with one attached hydrogen (secondary N) is 1. The van der Waals surface area contributed by atoms with Gasteiger partial charge in [0.25, 0.3) is 5.91 Å². The first-order valence-electron chi connectivity index (χ1n) is 6.52. The van der Waals surface area contributed by atoms with Crippen LogP contribution in [0.3, 0.4) is 0 Å². The summed E-state index contributed by atoms with van der Waals surface area (Å²) in [6.07, 6.45) is 0. The summed E-state index contributed by atoms with van der Waals surface area (Å²) in [7, 11) is 0. The molecule has 0 saturated heterocycles. The standard InChI is InChI=1S/C16H14BrClN2O2/c1-11(12-5-3-2-4-6-12)19-20-16(21)10-22-15-8-7-13(17)9-14(15)18/h2-9H,10H2,1H3,(H,20,21). The molecule has 6 heteroatoms. The topological polar surface area (TPSA) is 50.7 Å². The van der Waals surface area contributed by atoms with E-state index >= 15 is 0 Å². The monoisotopic (exact) mass is 380 g/mol. The molecule has 0 aliphatic rings. The number of amides is 1. The molecule has 0 spiro atoms. The van der Waals surface area contributed by atoms with Gasteiger partial charge in [0.15, 0.2) is 6.61 Å². The molecule has 1 N–H and O–H groups in total. The molecule has 4 nitrogen and oxygen atoms in total. The molecular formula is C16H14BrClN2O2. The summed E-state index contributed by atoms with van der Waals surface area (Å²) in [6.45, 7) is 1.66. The molecule has 2 aromatic carbocycles. The van der Waals surface area contributed by atoms with Gasteiger partial charge in [-0.05, 0) is 30.7 Å². The average Bonchev–Trinajstić information content (AvgIpc) is 2.52. The minimum atomic E-state index is -0.353. The van der Waals surface area contributed by atoms with E-state index in [0.717, 1.165) is 15.7 Å². The lowest BCUT2D eigenvalue weighted by Gasteiger charge is -2.07. The van der Waals surface area contributed by atoms with Crippen molar-refractivity contribution in [1.82, 2.24) is 5.43 Å². The number of nitrogens with zero attached hydrogens (tertiary/aromatic N) is 1. The Kier molecular flexibility index (Phi) is 5.98. The summed E-state index contributed by atoms with van der Waals surface area (Å²) in [4.78, 5) is 11.7. The Balaban J connectivity index is 1.88. The van der Waals surface area contributed by atoms with Crippen molar-refractivity contribution in [2.24, 2.45) is 5.10 Å². The Morgan fingerprint density at radius 2 is 2.00 bits per heavy atom.